The van der Waals surface area contributed by atoms with Gasteiger partial charge in [-0.15, -0.1) is 12.4 Å². The van der Waals surface area contributed by atoms with Gasteiger partial charge in [0.1, 0.15) is 0 Å². The molecule has 1 aliphatic rings. The fourth-order valence-electron chi connectivity index (χ4n) is 2.75. The maximum Gasteiger partial charge on any atom is 0.151 e. The summed E-state index contributed by atoms with van der Waals surface area (Å²) in [6.45, 7) is 4.37. The summed E-state index contributed by atoms with van der Waals surface area (Å²) in [6.07, 6.45) is 8.18. The number of nitrogens with one attached hydrogen (secondary N) is 1. The van der Waals surface area contributed by atoms with E-state index in [1.807, 2.05) is 30.2 Å². The van der Waals surface area contributed by atoms with Crippen molar-refractivity contribution in [3.05, 3.63) is 24.9 Å². The Morgan fingerprint density at radius 3 is 2.87 bits per heavy atom. The van der Waals surface area contributed by atoms with Crippen molar-refractivity contribution in [3.63, 3.8) is 0 Å². The van der Waals surface area contributed by atoms with Crippen molar-refractivity contribution in [1.29, 1.82) is 0 Å². The molecule has 1 fully saturated rings. The van der Waals surface area contributed by atoms with Crippen LogP contribution in [0.3, 0.4) is 0 Å². The molecule has 2 aromatic rings. The van der Waals surface area contributed by atoms with Gasteiger partial charge in [0.2, 0.25) is 0 Å². The van der Waals surface area contributed by atoms with E-state index in [1.54, 1.807) is 6.33 Å². The molecular formula is C14H22ClN5O2S. The van der Waals surface area contributed by atoms with E-state index >= 15 is 0 Å². The van der Waals surface area contributed by atoms with Gasteiger partial charge >= 0.3 is 0 Å². The third-order valence-corrected chi connectivity index (χ3v) is 5.75. The van der Waals surface area contributed by atoms with Crippen LogP contribution in [-0.2, 0) is 22.9 Å². The van der Waals surface area contributed by atoms with Crippen molar-refractivity contribution in [2.24, 2.45) is 0 Å². The van der Waals surface area contributed by atoms with Crippen LogP contribution in [0.5, 0.6) is 0 Å². The average molecular weight is 360 g/mol. The summed E-state index contributed by atoms with van der Waals surface area (Å²) in [5.41, 5.74) is 2.07. The van der Waals surface area contributed by atoms with Crippen molar-refractivity contribution < 1.29 is 8.42 Å². The van der Waals surface area contributed by atoms with Crippen LogP contribution in [0.1, 0.15) is 13.3 Å². The smallest absolute Gasteiger partial charge is 0.151 e. The number of imidazole rings is 1. The highest BCUT2D eigenvalue weighted by atomic mass is 35.5. The van der Waals surface area contributed by atoms with Crippen molar-refractivity contribution in [2.75, 3.05) is 18.1 Å². The van der Waals surface area contributed by atoms with Crippen LogP contribution in [0.25, 0.3) is 11.3 Å². The molecular weight excluding hydrogens is 338 g/mol. The summed E-state index contributed by atoms with van der Waals surface area (Å²) in [6, 6.07) is 0.0832. The van der Waals surface area contributed by atoms with Crippen LogP contribution < -0.4 is 5.32 Å². The average Bonchev–Trinajstić information content (AvgIpc) is 3.18. The second-order valence-electron chi connectivity index (χ2n) is 5.61. The minimum Gasteiger partial charge on any atom is -0.329 e. The topological polar surface area (TPSA) is 81.8 Å². The number of aromatic nitrogens is 4. The van der Waals surface area contributed by atoms with E-state index in [-0.39, 0.29) is 24.2 Å². The molecule has 128 valence electrons. The van der Waals surface area contributed by atoms with E-state index in [0.717, 1.165) is 30.9 Å². The number of nitrogens with zero attached hydrogens (tertiary/aromatic N) is 4. The van der Waals surface area contributed by atoms with Crippen LogP contribution in [0.2, 0.25) is 0 Å². The van der Waals surface area contributed by atoms with Gasteiger partial charge in [0, 0.05) is 37.4 Å². The van der Waals surface area contributed by atoms with Crippen LogP contribution in [0, 0.1) is 0 Å². The summed E-state index contributed by atoms with van der Waals surface area (Å²) >= 11 is 0. The lowest BCUT2D eigenvalue weighted by atomic mass is 10.2. The first-order chi connectivity index (χ1) is 10.6. The first-order valence-corrected chi connectivity index (χ1v) is 9.36. The van der Waals surface area contributed by atoms with E-state index in [9.17, 15) is 8.42 Å². The molecule has 1 saturated heterocycles. The lowest BCUT2D eigenvalue weighted by Crippen LogP contribution is -2.32. The number of sulfone groups is 1. The maximum absolute atomic E-state index is 11.4. The second kappa shape index (κ2) is 7.46. The summed E-state index contributed by atoms with van der Waals surface area (Å²) < 4.78 is 26.8. The van der Waals surface area contributed by atoms with Crippen LogP contribution in [-0.4, -0.2) is 51.8 Å². The van der Waals surface area contributed by atoms with Crippen LogP contribution in [0.15, 0.2) is 24.9 Å². The molecule has 3 heterocycles. The summed E-state index contributed by atoms with van der Waals surface area (Å²) in [4.78, 5) is 4.21. The molecule has 0 bridgehead atoms. The Hall–Kier alpha value is -1.38. The van der Waals surface area contributed by atoms with Gasteiger partial charge in [-0.25, -0.2) is 13.4 Å². The molecule has 9 heteroatoms. The molecule has 1 unspecified atom stereocenters. The van der Waals surface area contributed by atoms with Crippen LogP contribution in [0.4, 0.5) is 0 Å². The van der Waals surface area contributed by atoms with E-state index in [2.05, 4.69) is 20.0 Å². The lowest BCUT2D eigenvalue weighted by Gasteiger charge is -2.12. The molecule has 0 aliphatic carbocycles. The largest absolute Gasteiger partial charge is 0.329 e. The SMILES string of the molecule is CCn1cc(-c2cncn2CCNC2CCS(=O)(=O)C2)cn1.Cl. The third-order valence-electron chi connectivity index (χ3n) is 3.98. The van der Waals surface area contributed by atoms with Crippen molar-refractivity contribution in [2.45, 2.75) is 32.5 Å². The van der Waals surface area contributed by atoms with Gasteiger partial charge in [0.25, 0.3) is 0 Å². The van der Waals surface area contributed by atoms with Gasteiger partial charge in [-0.05, 0) is 13.3 Å². The highest BCUT2D eigenvalue weighted by Crippen LogP contribution is 2.18. The number of hydrogen-bond acceptors (Lipinski definition) is 5. The van der Waals surface area contributed by atoms with Crippen molar-refractivity contribution in [3.8, 4) is 11.3 Å². The Kier molecular flexibility index (Phi) is 5.83. The Morgan fingerprint density at radius 2 is 2.22 bits per heavy atom. The Morgan fingerprint density at radius 1 is 1.39 bits per heavy atom. The van der Waals surface area contributed by atoms with Gasteiger partial charge < -0.3 is 9.88 Å². The van der Waals surface area contributed by atoms with E-state index in [1.165, 1.54) is 0 Å². The van der Waals surface area contributed by atoms with Gasteiger partial charge in [0.05, 0.1) is 35.9 Å². The first kappa shape index (κ1) is 18.0. The molecule has 1 aliphatic heterocycles. The number of hydrogen-bond donors (Lipinski definition) is 1. The zero-order valence-corrected chi connectivity index (χ0v) is 14.7. The molecule has 1 N–H and O–H groups in total. The highest BCUT2D eigenvalue weighted by molar-refractivity contribution is 7.91. The normalized spacial score (nSPS) is 19.6. The summed E-state index contributed by atoms with van der Waals surface area (Å²) in [7, 11) is -2.82. The standard InChI is InChI=1S/C14H21N5O2S.ClH/c1-2-19-9-12(7-17-19)14-8-15-11-18(14)5-4-16-13-3-6-22(20,21)10-13;/h7-9,11,13,16H,2-6,10H2,1H3;1H. The minimum absolute atomic E-state index is 0. The molecule has 23 heavy (non-hydrogen) atoms. The molecule has 0 radical (unpaired) electrons. The van der Waals surface area contributed by atoms with E-state index < -0.39 is 9.84 Å². The zero-order chi connectivity index (χ0) is 15.6. The summed E-state index contributed by atoms with van der Waals surface area (Å²) in [5, 5.41) is 7.61. The van der Waals surface area contributed by atoms with Gasteiger partial charge in [-0.1, -0.05) is 0 Å². The van der Waals surface area contributed by atoms with Gasteiger partial charge in [0.15, 0.2) is 9.84 Å². The fraction of sp³-hybridized carbons (Fsp3) is 0.571. The predicted molar refractivity (Wildman–Crippen MR) is 91.4 cm³/mol. The molecule has 0 aromatic carbocycles. The zero-order valence-electron chi connectivity index (χ0n) is 13.1. The predicted octanol–water partition coefficient (Wildman–Crippen LogP) is 0.965. The van der Waals surface area contributed by atoms with Gasteiger partial charge in [-0.3, -0.25) is 4.68 Å². The second-order valence-corrected chi connectivity index (χ2v) is 7.84. The lowest BCUT2D eigenvalue weighted by molar-refractivity contribution is 0.521. The molecule has 0 amide bonds. The number of halogens is 1. The summed E-state index contributed by atoms with van der Waals surface area (Å²) in [5.74, 6) is 0.560. The quantitative estimate of drug-likeness (QED) is 0.831. The molecule has 1 atom stereocenters. The minimum atomic E-state index is -2.82. The van der Waals surface area contributed by atoms with Crippen molar-refractivity contribution in [1.82, 2.24) is 24.6 Å². The molecule has 2 aromatic heterocycles. The first-order valence-electron chi connectivity index (χ1n) is 7.54. The third kappa shape index (κ3) is 4.33. The monoisotopic (exact) mass is 359 g/mol. The molecule has 0 saturated carbocycles. The highest BCUT2D eigenvalue weighted by Gasteiger charge is 2.27. The van der Waals surface area contributed by atoms with Crippen LogP contribution >= 0.6 is 12.4 Å². The Labute approximate surface area is 142 Å². The number of aryl methyl sites for hydroxylation is 1. The fourth-order valence-corrected chi connectivity index (χ4v) is 4.46. The van der Waals surface area contributed by atoms with E-state index in [4.69, 9.17) is 0 Å². The number of rotatable bonds is 6. The van der Waals surface area contributed by atoms with E-state index in [0.29, 0.717) is 12.2 Å². The maximum atomic E-state index is 11.4. The van der Waals surface area contributed by atoms with Gasteiger partial charge in [-0.2, -0.15) is 5.10 Å². The van der Waals surface area contributed by atoms with Crippen molar-refractivity contribution >= 4 is 22.2 Å². The Bertz CT molecular complexity index is 740. The molecule has 7 nitrogen and oxygen atoms in total. The molecule has 3 rings (SSSR count). The Balaban J connectivity index is 0.00000192. The molecule has 0 spiro atoms.